The molecule has 0 saturated carbocycles. The lowest BCUT2D eigenvalue weighted by Gasteiger charge is -2.37. The van der Waals surface area contributed by atoms with Gasteiger partial charge in [0.1, 0.15) is 0 Å². The number of carbonyl (C=O) groups excluding carboxylic acids is 1. The summed E-state index contributed by atoms with van der Waals surface area (Å²) < 4.78 is 1.48. The molecule has 0 fully saturated rings. The Labute approximate surface area is 166 Å². The highest BCUT2D eigenvalue weighted by Gasteiger charge is 2.38. The summed E-state index contributed by atoms with van der Waals surface area (Å²) in [5, 5.41) is 15.1. The second-order valence-corrected chi connectivity index (χ2v) is 7.28. The minimum atomic E-state index is -0.670. The zero-order chi connectivity index (χ0) is 19.8. The van der Waals surface area contributed by atoms with E-state index in [1.54, 1.807) is 7.05 Å². The molecule has 1 aromatic heterocycles. The van der Waals surface area contributed by atoms with E-state index in [4.69, 9.17) is 11.6 Å². The van der Waals surface area contributed by atoms with Crippen LogP contribution in [-0.4, -0.2) is 39.3 Å². The Morgan fingerprint density at radius 1 is 1.07 bits per heavy atom. The SMILES string of the molecule is CN1CC(C(c2ccccc2)c2ccc(Cl)cc2)n2ncc(=O)c(O)c2C1=O. The molecule has 0 aliphatic carbocycles. The van der Waals surface area contributed by atoms with Crippen molar-refractivity contribution in [3.63, 3.8) is 0 Å². The molecule has 0 spiro atoms. The number of hydrogen-bond donors (Lipinski definition) is 1. The average Bonchev–Trinajstić information content (AvgIpc) is 2.70. The van der Waals surface area contributed by atoms with Gasteiger partial charge in [-0.2, -0.15) is 5.10 Å². The minimum absolute atomic E-state index is 0.0823. The summed E-state index contributed by atoms with van der Waals surface area (Å²) in [4.78, 5) is 26.0. The third-order valence-corrected chi connectivity index (χ3v) is 5.34. The lowest BCUT2D eigenvalue weighted by molar-refractivity contribution is 0.0686. The van der Waals surface area contributed by atoms with E-state index in [1.807, 2.05) is 54.6 Å². The molecule has 0 radical (unpaired) electrons. The van der Waals surface area contributed by atoms with Crippen molar-refractivity contribution in [1.82, 2.24) is 14.7 Å². The van der Waals surface area contributed by atoms with Crippen molar-refractivity contribution in [3.05, 3.63) is 92.9 Å². The molecular weight excluding hydrogens is 378 g/mol. The first-order chi connectivity index (χ1) is 13.5. The second kappa shape index (κ2) is 7.13. The normalized spacial score (nSPS) is 17.3. The highest BCUT2D eigenvalue weighted by atomic mass is 35.5. The predicted molar refractivity (Wildman–Crippen MR) is 106 cm³/mol. The van der Waals surface area contributed by atoms with Crippen molar-refractivity contribution in [2.45, 2.75) is 12.0 Å². The number of halogens is 1. The second-order valence-electron chi connectivity index (χ2n) is 6.84. The van der Waals surface area contributed by atoms with Gasteiger partial charge in [0, 0.05) is 24.5 Å². The van der Waals surface area contributed by atoms with E-state index < -0.39 is 17.1 Å². The van der Waals surface area contributed by atoms with Gasteiger partial charge in [-0.05, 0) is 23.3 Å². The number of benzene rings is 2. The molecule has 1 aliphatic rings. The lowest BCUT2D eigenvalue weighted by atomic mass is 9.84. The number of likely N-dealkylation sites (N-methyl/N-ethyl adjacent to an activating group) is 1. The van der Waals surface area contributed by atoms with Gasteiger partial charge in [0.2, 0.25) is 5.43 Å². The topological polar surface area (TPSA) is 75.4 Å². The van der Waals surface area contributed by atoms with Gasteiger partial charge in [-0.3, -0.25) is 14.3 Å². The van der Waals surface area contributed by atoms with E-state index in [2.05, 4.69) is 5.10 Å². The Bertz CT molecular complexity index is 1080. The molecule has 0 saturated heterocycles. The number of nitrogens with zero attached hydrogens (tertiary/aromatic N) is 3. The minimum Gasteiger partial charge on any atom is -0.502 e. The Morgan fingerprint density at radius 2 is 1.71 bits per heavy atom. The summed E-state index contributed by atoms with van der Waals surface area (Å²) in [6, 6.07) is 17.1. The molecule has 2 unspecified atom stereocenters. The van der Waals surface area contributed by atoms with Gasteiger partial charge in [-0.15, -0.1) is 0 Å². The van der Waals surface area contributed by atoms with Gasteiger partial charge in [0.15, 0.2) is 11.4 Å². The summed E-state index contributed by atoms with van der Waals surface area (Å²) in [5.74, 6) is -1.16. The van der Waals surface area contributed by atoms with E-state index >= 15 is 0 Å². The molecular formula is C21H18ClN3O3. The van der Waals surface area contributed by atoms with Crippen LogP contribution in [0.2, 0.25) is 5.02 Å². The van der Waals surface area contributed by atoms with Gasteiger partial charge >= 0.3 is 0 Å². The van der Waals surface area contributed by atoms with Gasteiger partial charge < -0.3 is 10.0 Å². The third kappa shape index (κ3) is 3.05. The van der Waals surface area contributed by atoms with E-state index in [0.717, 1.165) is 17.3 Å². The highest BCUT2D eigenvalue weighted by Crippen LogP contribution is 2.39. The first kappa shape index (κ1) is 18.3. The van der Waals surface area contributed by atoms with E-state index in [9.17, 15) is 14.7 Å². The molecule has 28 heavy (non-hydrogen) atoms. The zero-order valence-electron chi connectivity index (χ0n) is 15.1. The van der Waals surface area contributed by atoms with Gasteiger partial charge in [0.25, 0.3) is 5.91 Å². The third-order valence-electron chi connectivity index (χ3n) is 5.08. The van der Waals surface area contributed by atoms with Crippen LogP contribution in [-0.2, 0) is 0 Å². The van der Waals surface area contributed by atoms with Crippen LogP contribution in [0.1, 0.15) is 33.6 Å². The maximum Gasteiger partial charge on any atom is 0.275 e. The number of carbonyl (C=O) groups is 1. The quantitative estimate of drug-likeness (QED) is 0.739. The summed E-state index contributed by atoms with van der Waals surface area (Å²) >= 11 is 6.07. The molecule has 4 rings (SSSR count). The van der Waals surface area contributed by atoms with Crippen LogP contribution in [0.4, 0.5) is 0 Å². The van der Waals surface area contributed by atoms with Gasteiger partial charge in [-0.25, -0.2) is 0 Å². The van der Waals surface area contributed by atoms with Crippen LogP contribution in [0.15, 0.2) is 65.6 Å². The summed E-state index contributed by atoms with van der Waals surface area (Å²) in [7, 11) is 1.65. The first-order valence-electron chi connectivity index (χ1n) is 8.84. The molecule has 142 valence electrons. The summed E-state index contributed by atoms with van der Waals surface area (Å²) in [6.07, 6.45) is 1.05. The summed E-state index contributed by atoms with van der Waals surface area (Å²) in [5.41, 5.74) is 1.27. The smallest absolute Gasteiger partial charge is 0.275 e. The molecule has 6 nitrogen and oxygen atoms in total. The number of amides is 1. The van der Waals surface area contributed by atoms with Crippen LogP contribution in [0.3, 0.4) is 0 Å². The van der Waals surface area contributed by atoms with Gasteiger partial charge in [-0.1, -0.05) is 54.1 Å². The molecule has 1 N–H and O–H groups in total. The number of fused-ring (bicyclic) bond motifs is 1. The fourth-order valence-corrected chi connectivity index (χ4v) is 3.87. The number of hydrogen-bond acceptors (Lipinski definition) is 4. The van der Waals surface area contributed by atoms with Crippen molar-refractivity contribution in [1.29, 1.82) is 0 Å². The Morgan fingerprint density at radius 3 is 2.39 bits per heavy atom. The van der Waals surface area contributed by atoms with Crippen LogP contribution in [0, 0.1) is 0 Å². The van der Waals surface area contributed by atoms with Crippen molar-refractivity contribution in [3.8, 4) is 5.75 Å². The number of aromatic nitrogens is 2. The molecule has 1 aliphatic heterocycles. The maximum atomic E-state index is 12.6. The van der Waals surface area contributed by atoms with Crippen molar-refractivity contribution in [2.24, 2.45) is 0 Å². The molecule has 2 heterocycles. The molecule has 2 atom stereocenters. The lowest BCUT2D eigenvalue weighted by Crippen LogP contribution is -2.45. The molecule has 3 aromatic rings. The van der Waals surface area contributed by atoms with Crippen LogP contribution < -0.4 is 5.43 Å². The van der Waals surface area contributed by atoms with E-state index in [1.165, 1.54) is 9.58 Å². The van der Waals surface area contributed by atoms with Crippen LogP contribution >= 0.6 is 11.6 Å². The highest BCUT2D eigenvalue weighted by molar-refractivity contribution is 6.30. The Hall–Kier alpha value is -3.12. The van der Waals surface area contributed by atoms with E-state index in [0.29, 0.717) is 11.6 Å². The number of aromatic hydroxyl groups is 1. The van der Waals surface area contributed by atoms with Crippen LogP contribution in [0.5, 0.6) is 5.75 Å². The Kier molecular flexibility index (Phi) is 4.65. The fourth-order valence-electron chi connectivity index (χ4n) is 3.74. The maximum absolute atomic E-state index is 12.6. The summed E-state index contributed by atoms with van der Waals surface area (Å²) in [6.45, 7) is 0.378. The van der Waals surface area contributed by atoms with Crippen molar-refractivity contribution < 1.29 is 9.90 Å². The fraction of sp³-hybridized carbons (Fsp3) is 0.190. The van der Waals surface area contributed by atoms with E-state index in [-0.39, 0.29) is 17.7 Å². The van der Waals surface area contributed by atoms with Gasteiger partial charge in [0.05, 0.1) is 12.2 Å². The van der Waals surface area contributed by atoms with Crippen molar-refractivity contribution in [2.75, 3.05) is 13.6 Å². The molecule has 2 aromatic carbocycles. The Balaban J connectivity index is 1.94. The first-order valence-corrected chi connectivity index (χ1v) is 9.22. The predicted octanol–water partition coefficient (Wildman–Crippen LogP) is 3.06. The molecule has 7 heteroatoms. The average molecular weight is 396 g/mol. The largest absolute Gasteiger partial charge is 0.502 e. The van der Waals surface area contributed by atoms with Crippen LogP contribution in [0.25, 0.3) is 0 Å². The standard InChI is InChI=1S/C21H18ClN3O3/c1-24-12-16(25-19(21(24)28)20(27)17(26)11-23-25)18(13-5-3-2-4-6-13)14-7-9-15(22)10-8-14/h2-11,16,18,27H,12H2,1H3. The monoisotopic (exact) mass is 395 g/mol. The zero-order valence-corrected chi connectivity index (χ0v) is 15.9. The van der Waals surface area contributed by atoms with Crippen molar-refractivity contribution >= 4 is 17.5 Å². The molecule has 1 amide bonds. The molecule has 0 bridgehead atoms. The number of rotatable bonds is 3.